The Bertz CT molecular complexity index is 657. The van der Waals surface area contributed by atoms with E-state index in [4.69, 9.17) is 4.74 Å². The lowest BCUT2D eigenvalue weighted by Crippen LogP contribution is -2.40. The van der Waals surface area contributed by atoms with Gasteiger partial charge in [-0.05, 0) is 23.1 Å². The van der Waals surface area contributed by atoms with Crippen LogP contribution in [-0.4, -0.2) is 44.9 Å². The van der Waals surface area contributed by atoms with Crippen molar-refractivity contribution in [3.8, 4) is 0 Å². The maximum Gasteiger partial charge on any atom is 0.243 e. The molecule has 0 unspecified atom stereocenters. The lowest BCUT2D eigenvalue weighted by molar-refractivity contribution is -0.122. The Labute approximate surface area is 144 Å². The molecular formula is C17H26N2O4S. The van der Waals surface area contributed by atoms with E-state index in [0.29, 0.717) is 39.3 Å². The molecule has 1 N–H and O–H groups in total. The second kappa shape index (κ2) is 7.63. The van der Waals surface area contributed by atoms with Gasteiger partial charge in [0.05, 0.1) is 18.1 Å². The molecule has 0 aromatic heterocycles. The number of nitrogens with one attached hydrogen (secondary N) is 1. The number of benzene rings is 1. The summed E-state index contributed by atoms with van der Waals surface area (Å²) in [5.41, 5.74) is 0.818. The second-order valence-corrected chi connectivity index (χ2v) is 9.11. The first-order valence-corrected chi connectivity index (χ1v) is 9.56. The summed E-state index contributed by atoms with van der Waals surface area (Å²) in [7, 11) is -3.47. The molecule has 0 saturated carbocycles. The van der Waals surface area contributed by atoms with Crippen LogP contribution in [0.1, 0.15) is 32.8 Å². The third kappa shape index (κ3) is 5.29. The van der Waals surface area contributed by atoms with Gasteiger partial charge in [-0.2, -0.15) is 4.31 Å². The van der Waals surface area contributed by atoms with E-state index in [1.165, 1.54) is 4.31 Å². The Balaban J connectivity index is 1.96. The molecule has 1 aromatic rings. The zero-order chi connectivity index (χ0) is 17.8. The minimum atomic E-state index is -3.47. The van der Waals surface area contributed by atoms with E-state index in [9.17, 15) is 13.2 Å². The van der Waals surface area contributed by atoms with Gasteiger partial charge in [-0.1, -0.05) is 32.9 Å². The van der Waals surface area contributed by atoms with Gasteiger partial charge in [-0.15, -0.1) is 0 Å². The van der Waals surface area contributed by atoms with Crippen LogP contribution in [0.5, 0.6) is 0 Å². The monoisotopic (exact) mass is 354 g/mol. The normalized spacial score (nSPS) is 16.8. The fourth-order valence-electron chi connectivity index (χ4n) is 2.46. The summed E-state index contributed by atoms with van der Waals surface area (Å²) < 4.78 is 31.7. The Morgan fingerprint density at radius 3 is 2.29 bits per heavy atom. The molecule has 1 aliphatic rings. The predicted molar refractivity (Wildman–Crippen MR) is 91.9 cm³/mol. The lowest BCUT2D eigenvalue weighted by Gasteiger charge is -2.26. The number of rotatable bonds is 5. The zero-order valence-corrected chi connectivity index (χ0v) is 15.4. The van der Waals surface area contributed by atoms with Crippen LogP contribution in [-0.2, 0) is 26.1 Å². The highest BCUT2D eigenvalue weighted by Crippen LogP contribution is 2.19. The molecule has 1 heterocycles. The van der Waals surface area contributed by atoms with Crippen molar-refractivity contribution in [1.82, 2.24) is 9.62 Å². The number of sulfonamides is 1. The van der Waals surface area contributed by atoms with E-state index in [-0.39, 0.29) is 16.2 Å². The summed E-state index contributed by atoms with van der Waals surface area (Å²) in [4.78, 5) is 12.1. The first kappa shape index (κ1) is 18.9. The number of morpholine rings is 1. The van der Waals surface area contributed by atoms with E-state index in [0.717, 1.165) is 5.56 Å². The van der Waals surface area contributed by atoms with Crippen LogP contribution in [0.2, 0.25) is 0 Å². The van der Waals surface area contributed by atoms with Crippen molar-refractivity contribution in [1.29, 1.82) is 0 Å². The fourth-order valence-corrected chi connectivity index (χ4v) is 3.87. The van der Waals surface area contributed by atoms with Gasteiger partial charge in [0.2, 0.25) is 15.9 Å². The van der Waals surface area contributed by atoms with E-state index >= 15 is 0 Å². The highest BCUT2D eigenvalue weighted by Gasteiger charge is 2.26. The molecule has 134 valence electrons. The molecule has 1 aromatic carbocycles. The van der Waals surface area contributed by atoms with Crippen LogP contribution in [0.4, 0.5) is 0 Å². The molecule has 1 fully saturated rings. The number of hydrogen-bond donors (Lipinski definition) is 1. The van der Waals surface area contributed by atoms with Crippen molar-refractivity contribution in [2.75, 3.05) is 26.3 Å². The predicted octanol–water partition coefficient (Wildman–Crippen LogP) is 1.76. The minimum absolute atomic E-state index is 0.00693. The number of carbonyl (C=O) groups is 1. The van der Waals surface area contributed by atoms with E-state index in [1.54, 1.807) is 24.3 Å². The van der Waals surface area contributed by atoms with Gasteiger partial charge >= 0.3 is 0 Å². The average Bonchev–Trinajstić information content (AvgIpc) is 2.52. The molecule has 7 heteroatoms. The van der Waals surface area contributed by atoms with Crippen molar-refractivity contribution in [2.45, 2.75) is 38.6 Å². The molecule has 0 radical (unpaired) electrons. The van der Waals surface area contributed by atoms with Gasteiger partial charge in [-0.25, -0.2) is 8.42 Å². The second-order valence-electron chi connectivity index (χ2n) is 7.17. The van der Waals surface area contributed by atoms with E-state index < -0.39 is 10.0 Å². The summed E-state index contributed by atoms with van der Waals surface area (Å²) >= 11 is 0. The Hall–Kier alpha value is -1.44. The zero-order valence-electron chi connectivity index (χ0n) is 14.5. The summed E-state index contributed by atoms with van der Waals surface area (Å²) in [5.74, 6) is -0.00693. The van der Waals surface area contributed by atoms with Crippen LogP contribution in [0.3, 0.4) is 0 Å². The van der Waals surface area contributed by atoms with Gasteiger partial charge < -0.3 is 10.1 Å². The first-order chi connectivity index (χ1) is 11.2. The first-order valence-electron chi connectivity index (χ1n) is 8.12. The molecule has 1 amide bonds. The van der Waals surface area contributed by atoms with Crippen LogP contribution in [0.15, 0.2) is 29.2 Å². The number of ether oxygens (including phenoxy) is 1. The Morgan fingerprint density at radius 2 is 1.75 bits per heavy atom. The molecule has 24 heavy (non-hydrogen) atoms. The summed E-state index contributed by atoms with van der Waals surface area (Å²) in [6, 6.07) is 6.67. The molecule has 0 spiro atoms. The van der Waals surface area contributed by atoms with E-state index in [2.05, 4.69) is 5.32 Å². The molecule has 2 rings (SSSR count). The smallest absolute Gasteiger partial charge is 0.243 e. The highest BCUT2D eigenvalue weighted by molar-refractivity contribution is 7.89. The van der Waals surface area contributed by atoms with Gasteiger partial charge in [0.25, 0.3) is 0 Å². The number of nitrogens with zero attached hydrogens (tertiary/aromatic N) is 1. The van der Waals surface area contributed by atoms with Gasteiger partial charge in [0.1, 0.15) is 0 Å². The van der Waals surface area contributed by atoms with Crippen LogP contribution >= 0.6 is 0 Å². The maximum absolute atomic E-state index is 12.5. The van der Waals surface area contributed by atoms with Crippen molar-refractivity contribution in [3.05, 3.63) is 29.8 Å². The SMILES string of the molecule is CC(C)(C)CC(=O)NCc1ccc(S(=O)(=O)N2CCOCC2)cc1. The van der Waals surface area contributed by atoms with Gasteiger partial charge in [0.15, 0.2) is 0 Å². The van der Waals surface area contributed by atoms with Crippen LogP contribution in [0.25, 0.3) is 0 Å². The van der Waals surface area contributed by atoms with Crippen molar-refractivity contribution < 1.29 is 17.9 Å². The third-order valence-electron chi connectivity index (χ3n) is 3.71. The average molecular weight is 354 g/mol. The molecule has 1 saturated heterocycles. The molecule has 1 aliphatic heterocycles. The third-order valence-corrected chi connectivity index (χ3v) is 5.62. The largest absolute Gasteiger partial charge is 0.379 e. The van der Waals surface area contributed by atoms with Crippen LogP contribution < -0.4 is 5.32 Å². The fraction of sp³-hybridized carbons (Fsp3) is 0.588. The number of carbonyl (C=O) groups excluding carboxylic acids is 1. The Morgan fingerprint density at radius 1 is 1.17 bits per heavy atom. The highest BCUT2D eigenvalue weighted by atomic mass is 32.2. The molecular weight excluding hydrogens is 328 g/mol. The summed E-state index contributed by atoms with van der Waals surface area (Å²) in [5, 5.41) is 2.86. The van der Waals surface area contributed by atoms with Crippen LogP contribution in [0, 0.1) is 5.41 Å². The van der Waals surface area contributed by atoms with Crippen molar-refractivity contribution >= 4 is 15.9 Å². The summed E-state index contributed by atoms with van der Waals surface area (Å²) in [6.07, 6.45) is 0.455. The van der Waals surface area contributed by atoms with Crippen molar-refractivity contribution in [2.24, 2.45) is 5.41 Å². The molecule has 0 aliphatic carbocycles. The van der Waals surface area contributed by atoms with E-state index in [1.807, 2.05) is 20.8 Å². The van der Waals surface area contributed by atoms with Crippen molar-refractivity contribution in [3.63, 3.8) is 0 Å². The minimum Gasteiger partial charge on any atom is -0.379 e. The molecule has 6 nitrogen and oxygen atoms in total. The Kier molecular flexibility index (Phi) is 6.01. The quantitative estimate of drug-likeness (QED) is 0.874. The summed E-state index contributed by atoms with van der Waals surface area (Å²) in [6.45, 7) is 8.05. The van der Waals surface area contributed by atoms with Gasteiger partial charge in [-0.3, -0.25) is 4.79 Å². The maximum atomic E-state index is 12.5. The molecule has 0 atom stereocenters. The van der Waals surface area contributed by atoms with Gasteiger partial charge in [0, 0.05) is 26.1 Å². The lowest BCUT2D eigenvalue weighted by atomic mass is 9.92. The standard InChI is InChI=1S/C17H26N2O4S/c1-17(2,3)12-16(20)18-13-14-4-6-15(7-5-14)24(21,22)19-8-10-23-11-9-19/h4-7H,8-13H2,1-3H3,(H,18,20). The number of hydrogen-bond acceptors (Lipinski definition) is 4. The number of amides is 1. The topological polar surface area (TPSA) is 75.7 Å². The molecule has 0 bridgehead atoms.